The van der Waals surface area contributed by atoms with Crippen molar-refractivity contribution in [1.29, 1.82) is 0 Å². The fraction of sp³-hybridized carbons (Fsp3) is 0.188. The Morgan fingerprint density at radius 3 is 2.91 bits per heavy atom. The lowest BCUT2D eigenvalue weighted by atomic mass is 10.2. The molecule has 1 aromatic carbocycles. The maximum Gasteiger partial charge on any atom is 0.225 e. The van der Waals surface area contributed by atoms with Crippen LogP contribution in [-0.2, 0) is 11.2 Å². The van der Waals surface area contributed by atoms with E-state index in [0.29, 0.717) is 12.8 Å². The normalized spacial score (nSPS) is 10.7. The molecule has 1 amide bonds. The van der Waals surface area contributed by atoms with Crippen LogP contribution >= 0.6 is 11.3 Å². The van der Waals surface area contributed by atoms with Crippen LogP contribution < -0.4 is 5.32 Å². The van der Waals surface area contributed by atoms with Crippen LogP contribution in [-0.4, -0.2) is 21.0 Å². The lowest BCUT2D eigenvalue weighted by Crippen LogP contribution is -2.12. The third-order valence-electron chi connectivity index (χ3n) is 3.18. The highest BCUT2D eigenvalue weighted by Crippen LogP contribution is 2.23. The minimum atomic E-state index is -0.157. The average molecular weight is 313 g/mol. The molecule has 2 N–H and O–H groups in total. The molecule has 6 heteroatoms. The summed E-state index contributed by atoms with van der Waals surface area (Å²) in [5, 5.41) is 13.2. The van der Waals surface area contributed by atoms with Crippen LogP contribution in [0.5, 0.6) is 5.75 Å². The quantitative estimate of drug-likeness (QED) is 0.757. The summed E-state index contributed by atoms with van der Waals surface area (Å²) in [5.74, 6) is 0.0182. The monoisotopic (exact) mass is 313 g/mol. The summed E-state index contributed by atoms with van der Waals surface area (Å²) in [6.45, 7) is 0. The van der Waals surface area contributed by atoms with Crippen molar-refractivity contribution in [1.82, 2.24) is 9.97 Å². The van der Waals surface area contributed by atoms with Crippen molar-refractivity contribution < 1.29 is 9.90 Å². The van der Waals surface area contributed by atoms with Crippen molar-refractivity contribution in [3.05, 3.63) is 47.6 Å². The van der Waals surface area contributed by atoms with Crippen LogP contribution in [0.2, 0.25) is 0 Å². The zero-order valence-corrected chi connectivity index (χ0v) is 12.6. The topological polar surface area (TPSA) is 75.1 Å². The second-order valence-electron chi connectivity index (χ2n) is 4.85. The molecule has 0 saturated heterocycles. The van der Waals surface area contributed by atoms with Crippen LogP contribution in [0, 0.1) is 0 Å². The maximum atomic E-state index is 11.8. The van der Waals surface area contributed by atoms with Crippen LogP contribution in [0.1, 0.15) is 17.8 Å². The number of rotatable bonds is 5. The van der Waals surface area contributed by atoms with Crippen LogP contribution in [0.15, 0.2) is 42.6 Å². The lowest BCUT2D eigenvalue weighted by Gasteiger charge is -2.05. The molecule has 5 nitrogen and oxygen atoms in total. The Balaban J connectivity index is 1.52. The highest BCUT2D eigenvalue weighted by molar-refractivity contribution is 7.18. The number of hydrogen-bond acceptors (Lipinski definition) is 5. The van der Waals surface area contributed by atoms with Gasteiger partial charge in [-0.05, 0) is 37.1 Å². The van der Waals surface area contributed by atoms with E-state index in [2.05, 4.69) is 15.3 Å². The van der Waals surface area contributed by atoms with E-state index in [9.17, 15) is 9.90 Å². The van der Waals surface area contributed by atoms with Crippen molar-refractivity contribution in [3.8, 4) is 5.75 Å². The Morgan fingerprint density at radius 2 is 2.09 bits per heavy atom. The van der Waals surface area contributed by atoms with Crippen LogP contribution in [0.3, 0.4) is 0 Å². The van der Waals surface area contributed by atoms with Gasteiger partial charge < -0.3 is 10.4 Å². The summed E-state index contributed by atoms with van der Waals surface area (Å²) >= 11 is 1.66. The molecule has 3 rings (SSSR count). The molecule has 0 aliphatic heterocycles. The summed E-state index contributed by atoms with van der Waals surface area (Å²) in [6.07, 6.45) is 3.36. The molecular weight excluding hydrogens is 298 g/mol. The number of hydrogen-bond donors (Lipinski definition) is 2. The van der Waals surface area contributed by atoms with E-state index >= 15 is 0 Å². The Labute approximate surface area is 131 Å². The van der Waals surface area contributed by atoms with Crippen molar-refractivity contribution >= 4 is 33.3 Å². The van der Waals surface area contributed by atoms with Crippen molar-refractivity contribution in [2.45, 2.75) is 19.3 Å². The number of thiazole rings is 1. The van der Waals surface area contributed by atoms with Gasteiger partial charge in [0.25, 0.3) is 0 Å². The highest BCUT2D eigenvalue weighted by atomic mass is 32.1. The van der Waals surface area contributed by atoms with Crippen molar-refractivity contribution in [2.24, 2.45) is 0 Å². The standard InChI is InChI=1S/C16H15N3O2S/c20-12-6-4-10-17-16(12)19-14(21)8-3-9-15-18-11-5-1-2-7-13(11)22-15/h1-2,4-7,10,20H,3,8-9H2,(H,17,19,21). The first-order valence-corrected chi connectivity index (χ1v) is 7.82. The van der Waals surface area contributed by atoms with Gasteiger partial charge in [-0.25, -0.2) is 9.97 Å². The number of anilines is 1. The summed E-state index contributed by atoms with van der Waals surface area (Å²) in [5.41, 5.74) is 1.00. The van der Waals surface area contributed by atoms with E-state index in [4.69, 9.17) is 0 Å². The SMILES string of the molecule is O=C(CCCc1nc2ccccc2s1)Nc1ncccc1O. The molecule has 22 heavy (non-hydrogen) atoms. The summed E-state index contributed by atoms with van der Waals surface area (Å²) in [7, 11) is 0. The zero-order chi connectivity index (χ0) is 15.4. The third-order valence-corrected chi connectivity index (χ3v) is 4.27. The molecule has 0 aliphatic carbocycles. The van der Waals surface area contributed by atoms with E-state index in [1.807, 2.05) is 24.3 Å². The Kier molecular flexibility index (Phi) is 4.29. The number of carbonyl (C=O) groups is 1. The number of benzene rings is 1. The molecule has 3 aromatic rings. The maximum absolute atomic E-state index is 11.8. The molecule has 2 aromatic heterocycles. The molecule has 0 bridgehead atoms. The van der Waals surface area contributed by atoms with E-state index < -0.39 is 0 Å². The second kappa shape index (κ2) is 6.53. The van der Waals surface area contributed by atoms with Gasteiger partial charge in [0.2, 0.25) is 5.91 Å². The molecule has 0 saturated carbocycles. The molecule has 0 spiro atoms. The minimum absolute atomic E-state index is 0.0259. The summed E-state index contributed by atoms with van der Waals surface area (Å²) in [4.78, 5) is 20.3. The number of aryl methyl sites for hydroxylation is 1. The molecule has 112 valence electrons. The first-order valence-electron chi connectivity index (χ1n) is 7.00. The molecule has 2 heterocycles. The second-order valence-corrected chi connectivity index (χ2v) is 5.96. The van der Waals surface area contributed by atoms with Gasteiger partial charge >= 0.3 is 0 Å². The number of carbonyl (C=O) groups excluding carboxylic acids is 1. The number of nitrogens with zero attached hydrogens (tertiary/aromatic N) is 2. The van der Waals surface area contributed by atoms with Gasteiger partial charge in [-0.1, -0.05) is 12.1 Å². The van der Waals surface area contributed by atoms with E-state index in [-0.39, 0.29) is 17.5 Å². The van der Waals surface area contributed by atoms with Gasteiger partial charge in [0, 0.05) is 12.6 Å². The fourth-order valence-electron chi connectivity index (χ4n) is 2.11. The number of fused-ring (bicyclic) bond motifs is 1. The molecule has 0 fully saturated rings. The number of para-hydroxylation sites is 1. The van der Waals surface area contributed by atoms with E-state index in [1.165, 1.54) is 17.0 Å². The largest absolute Gasteiger partial charge is 0.504 e. The molecular formula is C16H15N3O2S. The number of aromatic nitrogens is 2. The smallest absolute Gasteiger partial charge is 0.225 e. The molecule has 0 atom stereocenters. The number of amides is 1. The summed E-state index contributed by atoms with van der Waals surface area (Å²) in [6, 6.07) is 11.1. The Hall–Kier alpha value is -2.47. The van der Waals surface area contributed by atoms with Crippen molar-refractivity contribution in [2.75, 3.05) is 5.32 Å². The average Bonchev–Trinajstić information content (AvgIpc) is 2.92. The lowest BCUT2D eigenvalue weighted by molar-refractivity contribution is -0.116. The first kappa shape index (κ1) is 14.5. The van der Waals surface area contributed by atoms with Gasteiger partial charge in [-0.2, -0.15) is 0 Å². The number of aromatic hydroxyl groups is 1. The van der Waals surface area contributed by atoms with E-state index in [0.717, 1.165) is 16.9 Å². The van der Waals surface area contributed by atoms with Gasteiger partial charge in [0.05, 0.1) is 15.2 Å². The molecule has 0 aliphatic rings. The minimum Gasteiger partial charge on any atom is -0.504 e. The predicted octanol–water partition coefficient (Wildman–Crippen LogP) is 3.36. The number of nitrogens with one attached hydrogen (secondary N) is 1. The fourth-order valence-corrected chi connectivity index (χ4v) is 3.12. The van der Waals surface area contributed by atoms with Crippen LogP contribution in [0.4, 0.5) is 5.82 Å². The van der Waals surface area contributed by atoms with Crippen LogP contribution in [0.25, 0.3) is 10.2 Å². The molecule has 0 radical (unpaired) electrons. The number of pyridine rings is 1. The van der Waals surface area contributed by atoms with Gasteiger partial charge in [-0.15, -0.1) is 11.3 Å². The van der Waals surface area contributed by atoms with Gasteiger partial charge in [0.15, 0.2) is 11.6 Å². The summed E-state index contributed by atoms with van der Waals surface area (Å²) < 4.78 is 1.17. The third kappa shape index (κ3) is 3.40. The Bertz CT molecular complexity index is 768. The van der Waals surface area contributed by atoms with Gasteiger partial charge in [0.1, 0.15) is 0 Å². The van der Waals surface area contributed by atoms with Crippen molar-refractivity contribution in [3.63, 3.8) is 0 Å². The zero-order valence-electron chi connectivity index (χ0n) is 11.8. The Morgan fingerprint density at radius 1 is 1.23 bits per heavy atom. The van der Waals surface area contributed by atoms with E-state index in [1.54, 1.807) is 17.4 Å². The van der Waals surface area contributed by atoms with Gasteiger partial charge in [-0.3, -0.25) is 4.79 Å². The predicted molar refractivity (Wildman–Crippen MR) is 87.1 cm³/mol. The highest BCUT2D eigenvalue weighted by Gasteiger charge is 2.08. The molecule has 0 unspecified atom stereocenters. The first-order chi connectivity index (χ1) is 10.7.